The van der Waals surface area contributed by atoms with Crippen LogP contribution in [0.5, 0.6) is 5.75 Å². The van der Waals surface area contributed by atoms with Crippen molar-refractivity contribution in [2.45, 2.75) is 26.9 Å². The largest absolute Gasteiger partial charge is 0.493 e. The lowest BCUT2D eigenvalue weighted by molar-refractivity contribution is -0.142. The highest BCUT2D eigenvalue weighted by atomic mass is 16.5. The van der Waals surface area contributed by atoms with E-state index >= 15 is 0 Å². The van der Waals surface area contributed by atoms with Crippen LogP contribution in [0, 0.1) is 5.92 Å². The minimum Gasteiger partial charge on any atom is -0.493 e. The molecule has 0 aliphatic rings. The number of nitrogens with zero attached hydrogens (tertiary/aromatic N) is 2. The number of benzene rings is 2. The Hall–Kier alpha value is -3.94. The maximum absolute atomic E-state index is 12.7. The normalized spacial score (nSPS) is 11.6. The van der Waals surface area contributed by atoms with Crippen molar-refractivity contribution in [1.82, 2.24) is 14.9 Å². The van der Waals surface area contributed by atoms with Crippen LogP contribution in [0.2, 0.25) is 0 Å². The number of ether oxygens (including phenoxy) is 1. The van der Waals surface area contributed by atoms with Crippen LogP contribution in [0.4, 0.5) is 0 Å². The van der Waals surface area contributed by atoms with Crippen molar-refractivity contribution in [2.75, 3.05) is 6.61 Å². The van der Waals surface area contributed by atoms with Crippen molar-refractivity contribution in [3.63, 3.8) is 0 Å². The highest BCUT2D eigenvalue weighted by Crippen LogP contribution is 2.16. The Balaban J connectivity index is 1.66. The summed E-state index contributed by atoms with van der Waals surface area (Å²) in [5.74, 6) is -0.871. The lowest BCUT2D eigenvalue weighted by atomic mass is 10.1. The molecule has 0 radical (unpaired) electrons. The van der Waals surface area contributed by atoms with Crippen LogP contribution in [0.15, 0.2) is 65.5 Å². The predicted molar refractivity (Wildman–Crippen MR) is 120 cm³/mol. The van der Waals surface area contributed by atoms with Crippen molar-refractivity contribution in [2.24, 2.45) is 5.92 Å². The van der Waals surface area contributed by atoms with Gasteiger partial charge in [-0.05, 0) is 31.2 Å². The third kappa shape index (κ3) is 5.60. The van der Waals surface area contributed by atoms with Crippen molar-refractivity contribution in [3.05, 3.63) is 82.4 Å². The molecule has 32 heavy (non-hydrogen) atoms. The summed E-state index contributed by atoms with van der Waals surface area (Å²) in [7, 11) is 0. The molecule has 2 aromatic carbocycles. The minimum atomic E-state index is -0.936. The first-order valence-electron chi connectivity index (χ1n) is 10.3. The van der Waals surface area contributed by atoms with Crippen LogP contribution in [0.1, 0.15) is 30.0 Å². The smallest absolute Gasteiger partial charge is 0.309 e. The van der Waals surface area contributed by atoms with E-state index in [0.29, 0.717) is 29.3 Å². The van der Waals surface area contributed by atoms with E-state index in [0.717, 1.165) is 5.56 Å². The summed E-state index contributed by atoms with van der Waals surface area (Å²) in [4.78, 5) is 40.6. The van der Waals surface area contributed by atoms with Crippen LogP contribution < -0.4 is 15.6 Å². The molecule has 0 aliphatic carbocycles. The zero-order valence-electron chi connectivity index (χ0n) is 17.9. The standard InChI is InChI=1S/C24H25N3O5/c1-3-21-26-20(17-7-5-4-6-8-17)13-22(28)27(21)15-25-23(29)18-9-11-19(12-10-18)32-14-16(2)24(30)31/h4-13,16H,3,14-15H2,1-2H3,(H,25,29)(H,30,31). The molecule has 1 aromatic heterocycles. The number of nitrogens with one attached hydrogen (secondary N) is 1. The van der Waals surface area contributed by atoms with Crippen LogP contribution in [0.25, 0.3) is 11.3 Å². The number of aryl methyl sites for hydroxylation is 1. The number of aromatic nitrogens is 2. The summed E-state index contributed by atoms with van der Waals surface area (Å²) >= 11 is 0. The Labute approximate surface area is 185 Å². The Morgan fingerprint density at radius 1 is 1.12 bits per heavy atom. The summed E-state index contributed by atoms with van der Waals surface area (Å²) in [6.45, 7) is 3.49. The molecule has 166 valence electrons. The summed E-state index contributed by atoms with van der Waals surface area (Å²) in [6, 6.07) is 17.3. The van der Waals surface area contributed by atoms with Gasteiger partial charge in [0, 0.05) is 23.6 Å². The molecule has 3 rings (SSSR count). The molecule has 1 unspecified atom stereocenters. The lowest BCUT2D eigenvalue weighted by Gasteiger charge is -2.14. The molecule has 2 N–H and O–H groups in total. The monoisotopic (exact) mass is 435 g/mol. The third-order valence-corrected chi connectivity index (χ3v) is 4.91. The van der Waals surface area contributed by atoms with E-state index in [1.807, 2.05) is 37.3 Å². The summed E-state index contributed by atoms with van der Waals surface area (Å²) in [6.07, 6.45) is 0.534. The fourth-order valence-electron chi connectivity index (χ4n) is 3.00. The highest BCUT2D eigenvalue weighted by Gasteiger charge is 2.13. The van der Waals surface area contributed by atoms with Gasteiger partial charge in [-0.1, -0.05) is 37.3 Å². The molecule has 1 amide bonds. The maximum atomic E-state index is 12.7. The quantitative estimate of drug-likeness (QED) is 0.535. The molecule has 0 aliphatic heterocycles. The molecule has 8 nitrogen and oxygen atoms in total. The zero-order valence-corrected chi connectivity index (χ0v) is 17.9. The van der Waals surface area contributed by atoms with E-state index in [2.05, 4.69) is 10.3 Å². The third-order valence-electron chi connectivity index (χ3n) is 4.91. The van der Waals surface area contributed by atoms with Gasteiger partial charge in [-0.15, -0.1) is 0 Å². The average molecular weight is 435 g/mol. The average Bonchev–Trinajstić information content (AvgIpc) is 2.81. The fraction of sp³-hybridized carbons (Fsp3) is 0.250. The predicted octanol–water partition coefficient (Wildman–Crippen LogP) is 2.96. The summed E-state index contributed by atoms with van der Waals surface area (Å²) in [5, 5.41) is 11.6. The second kappa shape index (κ2) is 10.4. The van der Waals surface area contributed by atoms with Gasteiger partial charge in [-0.2, -0.15) is 0 Å². The van der Waals surface area contributed by atoms with Crippen molar-refractivity contribution >= 4 is 11.9 Å². The van der Waals surface area contributed by atoms with Gasteiger partial charge in [0.25, 0.3) is 11.5 Å². The Kier molecular flexibility index (Phi) is 7.38. The topological polar surface area (TPSA) is 111 Å². The second-order valence-electron chi connectivity index (χ2n) is 7.28. The number of aliphatic carboxylic acids is 1. The first-order chi connectivity index (χ1) is 15.4. The van der Waals surface area contributed by atoms with Crippen LogP contribution in [0.3, 0.4) is 0 Å². The van der Waals surface area contributed by atoms with Gasteiger partial charge in [0.2, 0.25) is 0 Å². The number of hydrogen-bond donors (Lipinski definition) is 2. The van der Waals surface area contributed by atoms with Crippen molar-refractivity contribution < 1.29 is 19.4 Å². The van der Waals surface area contributed by atoms with Gasteiger partial charge in [0.05, 0.1) is 18.3 Å². The Bertz CT molecular complexity index is 1140. The first-order valence-corrected chi connectivity index (χ1v) is 10.3. The molecular weight excluding hydrogens is 410 g/mol. The molecule has 0 saturated heterocycles. The Morgan fingerprint density at radius 3 is 2.44 bits per heavy atom. The molecule has 1 heterocycles. The number of amides is 1. The lowest BCUT2D eigenvalue weighted by Crippen LogP contribution is -2.34. The van der Waals surface area contributed by atoms with E-state index < -0.39 is 11.9 Å². The Morgan fingerprint density at radius 2 is 1.81 bits per heavy atom. The molecule has 0 saturated carbocycles. The van der Waals surface area contributed by atoms with E-state index in [1.165, 1.54) is 10.6 Å². The maximum Gasteiger partial charge on any atom is 0.309 e. The van der Waals surface area contributed by atoms with Crippen LogP contribution in [-0.4, -0.2) is 33.1 Å². The first kappa shape index (κ1) is 22.7. The molecule has 0 fully saturated rings. The number of rotatable bonds is 9. The van der Waals surface area contributed by atoms with Crippen LogP contribution >= 0.6 is 0 Å². The fourth-order valence-corrected chi connectivity index (χ4v) is 3.00. The van der Waals surface area contributed by atoms with Gasteiger partial charge in [-0.3, -0.25) is 19.0 Å². The van der Waals surface area contributed by atoms with E-state index in [4.69, 9.17) is 9.84 Å². The molecule has 1 atom stereocenters. The molecule has 0 spiro atoms. The van der Waals surface area contributed by atoms with Gasteiger partial charge >= 0.3 is 5.97 Å². The van der Waals surface area contributed by atoms with Gasteiger partial charge in [0.1, 0.15) is 18.2 Å². The minimum absolute atomic E-state index is 0.00269. The van der Waals surface area contributed by atoms with Crippen molar-refractivity contribution in [3.8, 4) is 17.0 Å². The molecule has 3 aromatic rings. The molecule has 8 heteroatoms. The number of carbonyl (C=O) groups excluding carboxylic acids is 1. The number of carboxylic acid groups (broad SMARTS) is 1. The molecular formula is C24H25N3O5. The van der Waals surface area contributed by atoms with Gasteiger partial charge in [-0.25, -0.2) is 4.98 Å². The number of carbonyl (C=O) groups is 2. The van der Waals surface area contributed by atoms with E-state index in [9.17, 15) is 14.4 Å². The van der Waals surface area contributed by atoms with E-state index in [-0.39, 0.29) is 24.7 Å². The number of carboxylic acids is 1. The highest BCUT2D eigenvalue weighted by molar-refractivity contribution is 5.94. The van der Waals surface area contributed by atoms with Crippen molar-refractivity contribution in [1.29, 1.82) is 0 Å². The SMILES string of the molecule is CCc1nc(-c2ccccc2)cc(=O)n1CNC(=O)c1ccc(OCC(C)C(=O)O)cc1. The van der Waals surface area contributed by atoms with E-state index in [1.54, 1.807) is 31.2 Å². The summed E-state index contributed by atoms with van der Waals surface area (Å²) < 4.78 is 6.86. The second-order valence-corrected chi connectivity index (χ2v) is 7.28. The summed E-state index contributed by atoms with van der Waals surface area (Å²) in [5.41, 5.74) is 1.61. The van der Waals surface area contributed by atoms with Crippen LogP contribution in [-0.2, 0) is 17.9 Å². The van der Waals surface area contributed by atoms with Gasteiger partial charge < -0.3 is 15.2 Å². The number of hydrogen-bond acceptors (Lipinski definition) is 5. The van der Waals surface area contributed by atoms with Gasteiger partial charge in [0.15, 0.2) is 0 Å². The molecule has 0 bridgehead atoms. The zero-order chi connectivity index (χ0) is 23.1.